The zero-order valence-corrected chi connectivity index (χ0v) is 7.38. The predicted molar refractivity (Wildman–Crippen MR) is 52.4 cm³/mol. The molecule has 0 bridgehead atoms. The minimum absolute atomic E-state index is 0.539. The molecule has 0 amide bonds. The van der Waals surface area contributed by atoms with Crippen molar-refractivity contribution in [3.05, 3.63) is 0 Å². The summed E-state index contributed by atoms with van der Waals surface area (Å²) in [5, 5.41) is -1.05. The van der Waals surface area contributed by atoms with Crippen molar-refractivity contribution in [1.29, 1.82) is 0 Å². The van der Waals surface area contributed by atoms with Crippen LogP contribution >= 0.6 is 21.6 Å². The highest BCUT2D eigenvalue weighted by molar-refractivity contribution is 8.76. The smallest absolute Gasteiger partial charge is 0.0828 e. The van der Waals surface area contributed by atoms with E-state index in [1.807, 2.05) is 0 Å². The molecule has 0 aromatic carbocycles. The van der Waals surface area contributed by atoms with E-state index in [2.05, 4.69) is 0 Å². The van der Waals surface area contributed by atoms with Crippen molar-refractivity contribution in [1.82, 2.24) is 0 Å². The van der Waals surface area contributed by atoms with Crippen molar-refractivity contribution in [3.63, 3.8) is 0 Å². The maximum atomic E-state index is 5.31. The van der Waals surface area contributed by atoms with E-state index < -0.39 is 5.34 Å². The third kappa shape index (κ3) is 8.75. The van der Waals surface area contributed by atoms with Crippen LogP contribution in [0, 0.1) is 0 Å². The normalized spacial score (nSPS) is 11.8. The Kier molecular flexibility index (Phi) is 5.81. The van der Waals surface area contributed by atoms with E-state index in [-0.39, 0.29) is 0 Å². The van der Waals surface area contributed by atoms with Crippen LogP contribution in [0.5, 0.6) is 0 Å². The average molecular weight is 172 g/mol. The lowest BCUT2D eigenvalue weighted by Crippen LogP contribution is -2.43. The number of hydrogen-bond acceptors (Lipinski definition) is 4. The molecule has 0 spiro atoms. The van der Waals surface area contributed by atoms with E-state index in [0.29, 0.717) is 12.3 Å². The Bertz CT molecular complexity index is 85.8. The summed E-state index contributed by atoms with van der Waals surface area (Å²) in [5.41, 5.74) is 10.6. The van der Waals surface area contributed by atoms with Crippen molar-refractivity contribution in [2.75, 3.05) is 18.1 Å². The van der Waals surface area contributed by atoms with Crippen molar-refractivity contribution in [3.8, 4) is 0 Å². The van der Waals surface area contributed by atoms with Crippen LogP contribution in [0.3, 0.4) is 0 Å². The van der Waals surface area contributed by atoms with E-state index >= 15 is 0 Å². The lowest BCUT2D eigenvalue weighted by atomic mass is 9.64. The molecule has 0 heterocycles. The SMILES string of the molecule is [B]C([B])(N)CSSCCN. The summed E-state index contributed by atoms with van der Waals surface area (Å²) >= 11 is 0. The van der Waals surface area contributed by atoms with Crippen LogP contribution in [0.15, 0.2) is 0 Å². The van der Waals surface area contributed by atoms with E-state index in [1.165, 1.54) is 0 Å². The molecule has 0 fully saturated rings. The second-order valence-corrected chi connectivity index (χ2v) is 4.57. The Morgan fingerprint density at radius 2 is 1.90 bits per heavy atom. The van der Waals surface area contributed by atoms with Gasteiger partial charge >= 0.3 is 0 Å². The molecule has 0 aliphatic rings. The van der Waals surface area contributed by atoms with E-state index in [1.54, 1.807) is 21.6 Å². The van der Waals surface area contributed by atoms with Crippen LogP contribution in [0.4, 0.5) is 0 Å². The van der Waals surface area contributed by atoms with Gasteiger partial charge in [-0.05, 0) is 5.34 Å². The zero-order chi connectivity index (χ0) is 8.04. The third-order valence-electron chi connectivity index (χ3n) is 0.593. The third-order valence-corrected chi connectivity index (χ3v) is 3.13. The van der Waals surface area contributed by atoms with Crippen molar-refractivity contribution in [2.24, 2.45) is 11.5 Å². The molecule has 0 aromatic rings. The Balaban J connectivity index is 3.04. The largest absolute Gasteiger partial charge is 0.341 e. The molecule has 0 rings (SSSR count). The number of rotatable bonds is 5. The number of hydrogen-bond donors (Lipinski definition) is 2. The molecule has 6 heteroatoms. The van der Waals surface area contributed by atoms with E-state index in [9.17, 15) is 0 Å². The number of nitrogens with two attached hydrogens (primary N) is 2. The lowest BCUT2D eigenvalue weighted by Gasteiger charge is -2.17. The summed E-state index contributed by atoms with van der Waals surface area (Å²) in [6.07, 6.45) is 0. The van der Waals surface area contributed by atoms with Gasteiger partial charge in [-0.1, -0.05) is 21.6 Å². The second-order valence-electron chi connectivity index (χ2n) is 1.99. The van der Waals surface area contributed by atoms with Crippen LogP contribution in [-0.2, 0) is 0 Å². The van der Waals surface area contributed by atoms with Crippen LogP contribution in [0.1, 0.15) is 0 Å². The molecule has 4 radical (unpaired) electrons. The summed E-state index contributed by atoms with van der Waals surface area (Å²) in [7, 11) is 13.8. The summed E-state index contributed by atoms with van der Waals surface area (Å²) in [6.45, 7) is 0.671. The maximum Gasteiger partial charge on any atom is 0.0828 e. The fraction of sp³-hybridized carbons (Fsp3) is 1.00. The summed E-state index contributed by atoms with van der Waals surface area (Å²) in [5.74, 6) is 1.44. The molecule has 0 saturated carbocycles. The molecule has 0 aliphatic carbocycles. The average Bonchev–Trinajstić information content (AvgIpc) is 1.78. The molecule has 54 valence electrons. The summed E-state index contributed by atoms with van der Waals surface area (Å²) in [6, 6.07) is 0. The monoisotopic (exact) mass is 172 g/mol. The highest BCUT2D eigenvalue weighted by Crippen LogP contribution is 2.21. The second kappa shape index (κ2) is 5.41. The Morgan fingerprint density at radius 1 is 1.30 bits per heavy atom. The molecule has 0 aromatic heterocycles. The summed E-state index contributed by atoms with van der Waals surface area (Å²) < 4.78 is 0. The molecule has 4 N–H and O–H groups in total. The molecule has 0 atom stereocenters. The van der Waals surface area contributed by atoms with Gasteiger partial charge in [-0.25, -0.2) is 0 Å². The van der Waals surface area contributed by atoms with Crippen molar-refractivity contribution < 1.29 is 0 Å². The zero-order valence-electron chi connectivity index (χ0n) is 5.75. The van der Waals surface area contributed by atoms with Crippen LogP contribution < -0.4 is 11.5 Å². The molecular formula is C4H10B2N2S2. The minimum atomic E-state index is -1.05. The van der Waals surface area contributed by atoms with E-state index in [4.69, 9.17) is 27.2 Å². The van der Waals surface area contributed by atoms with Crippen LogP contribution in [0.25, 0.3) is 0 Å². The Morgan fingerprint density at radius 3 is 2.30 bits per heavy atom. The van der Waals surface area contributed by atoms with Gasteiger partial charge in [0.25, 0.3) is 0 Å². The highest BCUT2D eigenvalue weighted by atomic mass is 33.1. The fourth-order valence-electron chi connectivity index (χ4n) is 0.251. The molecule has 10 heavy (non-hydrogen) atoms. The first-order chi connectivity index (χ1) is 4.56. The molecule has 0 saturated heterocycles. The lowest BCUT2D eigenvalue weighted by molar-refractivity contribution is 0.949. The Labute approximate surface area is 72.5 Å². The minimum Gasteiger partial charge on any atom is -0.341 e. The van der Waals surface area contributed by atoms with Gasteiger partial charge in [-0.3, -0.25) is 0 Å². The van der Waals surface area contributed by atoms with Gasteiger partial charge in [0.15, 0.2) is 0 Å². The van der Waals surface area contributed by atoms with E-state index in [0.717, 1.165) is 5.75 Å². The molecular weight excluding hydrogens is 162 g/mol. The quantitative estimate of drug-likeness (QED) is 0.326. The summed E-state index contributed by atoms with van der Waals surface area (Å²) in [4.78, 5) is 0. The van der Waals surface area contributed by atoms with Gasteiger partial charge in [0.2, 0.25) is 0 Å². The van der Waals surface area contributed by atoms with Crippen molar-refractivity contribution in [2.45, 2.75) is 5.34 Å². The van der Waals surface area contributed by atoms with Gasteiger partial charge in [0, 0.05) is 18.1 Å². The highest BCUT2D eigenvalue weighted by Gasteiger charge is 2.08. The first-order valence-corrected chi connectivity index (χ1v) is 5.36. The standard InChI is InChI=1S/C4H10B2N2S2/c5-4(6,8)3-10-9-2-1-7/h1-3,7-8H2. The first-order valence-electron chi connectivity index (χ1n) is 2.87. The van der Waals surface area contributed by atoms with Gasteiger partial charge in [0.05, 0.1) is 15.7 Å². The Hall–Kier alpha value is 0.750. The van der Waals surface area contributed by atoms with Gasteiger partial charge in [0.1, 0.15) is 0 Å². The molecule has 0 unspecified atom stereocenters. The van der Waals surface area contributed by atoms with Gasteiger partial charge < -0.3 is 11.5 Å². The van der Waals surface area contributed by atoms with Gasteiger partial charge in [-0.2, -0.15) is 0 Å². The predicted octanol–water partition coefficient (Wildman–Crippen LogP) is -0.724. The van der Waals surface area contributed by atoms with Crippen molar-refractivity contribution >= 4 is 37.3 Å². The molecule has 0 aliphatic heterocycles. The fourth-order valence-corrected chi connectivity index (χ4v) is 2.26. The first kappa shape index (κ1) is 10.7. The van der Waals surface area contributed by atoms with Crippen LogP contribution in [0.2, 0.25) is 0 Å². The molecule has 2 nitrogen and oxygen atoms in total. The topological polar surface area (TPSA) is 52.0 Å². The van der Waals surface area contributed by atoms with Gasteiger partial charge in [-0.15, -0.1) is 0 Å². The van der Waals surface area contributed by atoms with Crippen LogP contribution in [-0.4, -0.2) is 39.1 Å². The maximum absolute atomic E-state index is 5.31.